The summed E-state index contributed by atoms with van der Waals surface area (Å²) in [6.07, 6.45) is 1.66. The number of nitrogens with zero attached hydrogens (tertiary/aromatic N) is 1. The molecule has 104 valence electrons. The average Bonchev–Trinajstić information content (AvgIpc) is 2.91. The lowest BCUT2D eigenvalue weighted by atomic mass is 10.2. The van der Waals surface area contributed by atoms with Crippen LogP contribution >= 0.6 is 27.3 Å². The lowest BCUT2D eigenvalue weighted by molar-refractivity contribution is 0.0698. The number of carbonyl (C=O) groups excluding carboxylic acids is 1. The highest BCUT2D eigenvalue weighted by molar-refractivity contribution is 9.10. The molecule has 2 aromatic rings. The van der Waals surface area contributed by atoms with Crippen LogP contribution in [0.3, 0.4) is 0 Å². The molecule has 1 heterocycles. The molecule has 0 spiro atoms. The summed E-state index contributed by atoms with van der Waals surface area (Å²) < 4.78 is 0.630. The van der Waals surface area contributed by atoms with Crippen LogP contribution in [0.5, 0.6) is 0 Å². The molecular formula is C12H10BrN3O3S. The summed E-state index contributed by atoms with van der Waals surface area (Å²) in [4.78, 5) is 27.6. The van der Waals surface area contributed by atoms with Gasteiger partial charge in [0.05, 0.1) is 23.3 Å². The predicted molar refractivity (Wildman–Crippen MR) is 79.1 cm³/mol. The van der Waals surface area contributed by atoms with E-state index in [0.717, 1.165) is 4.88 Å². The zero-order valence-corrected chi connectivity index (χ0v) is 12.5. The Balaban J connectivity index is 2.02. The minimum absolute atomic E-state index is 0.0207. The van der Waals surface area contributed by atoms with Gasteiger partial charge >= 0.3 is 12.0 Å². The van der Waals surface area contributed by atoms with E-state index in [4.69, 9.17) is 5.11 Å². The number of carboxylic acids is 1. The van der Waals surface area contributed by atoms with Gasteiger partial charge in [0.2, 0.25) is 0 Å². The van der Waals surface area contributed by atoms with E-state index < -0.39 is 12.0 Å². The van der Waals surface area contributed by atoms with Gasteiger partial charge in [-0.15, -0.1) is 11.3 Å². The second-order valence-electron chi connectivity index (χ2n) is 3.77. The van der Waals surface area contributed by atoms with Crippen LogP contribution < -0.4 is 10.6 Å². The summed E-state index contributed by atoms with van der Waals surface area (Å²) in [7, 11) is 0. The van der Waals surface area contributed by atoms with Crippen LogP contribution in [0, 0.1) is 0 Å². The molecule has 0 atom stereocenters. The minimum Gasteiger partial charge on any atom is -0.478 e. The van der Waals surface area contributed by atoms with Crippen LogP contribution in [0.2, 0.25) is 0 Å². The van der Waals surface area contributed by atoms with Crippen molar-refractivity contribution in [2.45, 2.75) is 6.54 Å². The molecule has 0 aliphatic rings. The molecule has 6 nitrogen and oxygen atoms in total. The molecule has 1 aromatic heterocycles. The first-order valence-electron chi connectivity index (χ1n) is 5.51. The molecule has 0 fully saturated rings. The fourth-order valence-corrected chi connectivity index (χ4v) is 2.36. The topological polar surface area (TPSA) is 91.3 Å². The van der Waals surface area contributed by atoms with Gasteiger partial charge in [0.1, 0.15) is 0 Å². The van der Waals surface area contributed by atoms with Crippen molar-refractivity contribution in [1.82, 2.24) is 10.3 Å². The fourth-order valence-electron chi connectivity index (χ4n) is 1.47. The zero-order valence-electron chi connectivity index (χ0n) is 10.1. The third-order valence-corrected chi connectivity index (χ3v) is 3.64. The fraction of sp³-hybridized carbons (Fsp3) is 0.0833. The van der Waals surface area contributed by atoms with Crippen molar-refractivity contribution in [2.75, 3.05) is 5.32 Å². The maximum atomic E-state index is 11.7. The largest absolute Gasteiger partial charge is 0.478 e. The molecule has 20 heavy (non-hydrogen) atoms. The van der Waals surface area contributed by atoms with Gasteiger partial charge in [0, 0.05) is 15.5 Å². The minimum atomic E-state index is -1.11. The van der Waals surface area contributed by atoms with Crippen LogP contribution in [0.15, 0.2) is 34.4 Å². The summed E-state index contributed by atoms with van der Waals surface area (Å²) in [6, 6.07) is 4.15. The number of hydrogen-bond acceptors (Lipinski definition) is 4. The van der Waals surface area contributed by atoms with Crippen LogP contribution in [0.1, 0.15) is 15.2 Å². The molecular weight excluding hydrogens is 346 g/mol. The summed E-state index contributed by atoms with van der Waals surface area (Å²) >= 11 is 4.62. The van der Waals surface area contributed by atoms with Crippen LogP contribution in [-0.2, 0) is 6.54 Å². The van der Waals surface area contributed by atoms with Gasteiger partial charge in [0.15, 0.2) is 0 Å². The van der Waals surface area contributed by atoms with E-state index in [1.54, 1.807) is 17.8 Å². The number of aromatic nitrogens is 1. The Hall–Kier alpha value is -1.93. The smallest absolute Gasteiger partial charge is 0.337 e. The molecule has 8 heteroatoms. The van der Waals surface area contributed by atoms with Gasteiger partial charge in [-0.1, -0.05) is 15.9 Å². The number of aromatic carboxylic acids is 1. The number of amides is 2. The average molecular weight is 356 g/mol. The first kappa shape index (κ1) is 14.5. The first-order chi connectivity index (χ1) is 9.56. The lowest BCUT2D eigenvalue weighted by Gasteiger charge is -2.09. The van der Waals surface area contributed by atoms with E-state index in [0.29, 0.717) is 11.0 Å². The summed E-state index contributed by atoms with van der Waals surface area (Å²) in [5.41, 5.74) is 1.93. The van der Waals surface area contributed by atoms with Gasteiger partial charge in [0.25, 0.3) is 0 Å². The van der Waals surface area contributed by atoms with Gasteiger partial charge in [-0.25, -0.2) is 9.59 Å². The molecule has 0 bridgehead atoms. The van der Waals surface area contributed by atoms with Crippen LogP contribution in [0.25, 0.3) is 0 Å². The molecule has 3 N–H and O–H groups in total. The molecule has 0 saturated heterocycles. The summed E-state index contributed by atoms with van der Waals surface area (Å²) in [5, 5.41) is 14.2. The Morgan fingerprint density at radius 2 is 2.20 bits per heavy atom. The first-order valence-corrected chi connectivity index (χ1v) is 7.18. The van der Waals surface area contributed by atoms with Gasteiger partial charge < -0.3 is 15.7 Å². The Morgan fingerprint density at radius 1 is 1.40 bits per heavy atom. The van der Waals surface area contributed by atoms with Crippen LogP contribution in [0.4, 0.5) is 10.5 Å². The Labute approximate surface area is 127 Å². The third kappa shape index (κ3) is 3.78. The molecule has 0 aliphatic heterocycles. The predicted octanol–water partition coefficient (Wildman–Crippen LogP) is 2.93. The number of rotatable bonds is 4. The second-order valence-corrected chi connectivity index (χ2v) is 5.66. The van der Waals surface area contributed by atoms with Crippen molar-refractivity contribution in [2.24, 2.45) is 0 Å². The molecule has 0 unspecified atom stereocenters. The zero-order chi connectivity index (χ0) is 14.5. The molecule has 0 saturated carbocycles. The van der Waals surface area contributed by atoms with E-state index in [1.165, 1.54) is 23.5 Å². The molecule has 0 radical (unpaired) electrons. The normalized spacial score (nSPS) is 10.1. The van der Waals surface area contributed by atoms with E-state index in [2.05, 4.69) is 31.5 Å². The maximum Gasteiger partial charge on any atom is 0.337 e. The van der Waals surface area contributed by atoms with Crippen molar-refractivity contribution < 1.29 is 14.7 Å². The highest BCUT2D eigenvalue weighted by Crippen LogP contribution is 2.21. The van der Waals surface area contributed by atoms with Gasteiger partial charge in [-0.2, -0.15) is 0 Å². The van der Waals surface area contributed by atoms with Crippen molar-refractivity contribution >= 4 is 45.0 Å². The molecule has 2 amide bonds. The number of halogens is 1. The van der Waals surface area contributed by atoms with Gasteiger partial charge in [-0.3, -0.25) is 4.98 Å². The Kier molecular flexibility index (Phi) is 4.70. The summed E-state index contributed by atoms with van der Waals surface area (Å²) in [5.74, 6) is -1.11. The van der Waals surface area contributed by atoms with Crippen molar-refractivity contribution in [3.05, 3.63) is 44.8 Å². The maximum absolute atomic E-state index is 11.7. The van der Waals surface area contributed by atoms with Crippen molar-refractivity contribution in [3.8, 4) is 0 Å². The Bertz CT molecular complexity index is 631. The van der Waals surface area contributed by atoms with E-state index in [-0.39, 0.29) is 11.3 Å². The number of carboxylic acid groups (broad SMARTS) is 1. The third-order valence-electron chi connectivity index (χ3n) is 2.37. The molecule has 1 aromatic carbocycles. The Morgan fingerprint density at radius 3 is 2.85 bits per heavy atom. The lowest BCUT2D eigenvalue weighted by Crippen LogP contribution is -2.28. The van der Waals surface area contributed by atoms with E-state index >= 15 is 0 Å². The molecule has 2 rings (SSSR count). The highest BCUT2D eigenvalue weighted by atomic mass is 79.9. The summed E-state index contributed by atoms with van der Waals surface area (Å²) in [6.45, 7) is 0.343. The van der Waals surface area contributed by atoms with Gasteiger partial charge in [-0.05, 0) is 18.2 Å². The number of nitrogens with one attached hydrogen (secondary N) is 2. The number of carbonyl (C=O) groups is 2. The van der Waals surface area contributed by atoms with Crippen molar-refractivity contribution in [1.29, 1.82) is 0 Å². The standard InChI is InChI=1S/C12H10BrN3O3S/c13-7-1-2-10(9(3-7)11(17)18)16-12(19)15-5-8-4-14-6-20-8/h1-4,6H,5H2,(H,17,18)(H2,15,16,19). The SMILES string of the molecule is O=C(NCc1cncs1)Nc1ccc(Br)cc1C(=O)O. The molecule has 0 aliphatic carbocycles. The monoisotopic (exact) mass is 355 g/mol. The number of hydrogen-bond donors (Lipinski definition) is 3. The number of urea groups is 1. The quantitative estimate of drug-likeness (QED) is 0.786. The highest BCUT2D eigenvalue weighted by Gasteiger charge is 2.12. The second kappa shape index (κ2) is 6.49. The van der Waals surface area contributed by atoms with Crippen molar-refractivity contribution in [3.63, 3.8) is 0 Å². The number of thiazole rings is 1. The van der Waals surface area contributed by atoms with E-state index in [9.17, 15) is 9.59 Å². The number of benzene rings is 1. The van der Waals surface area contributed by atoms with E-state index in [1.807, 2.05) is 0 Å². The number of anilines is 1. The van der Waals surface area contributed by atoms with Crippen LogP contribution in [-0.4, -0.2) is 22.1 Å².